The zero-order valence-electron chi connectivity index (χ0n) is 14.8. The molecule has 2 heterocycles. The van der Waals surface area contributed by atoms with E-state index >= 15 is 0 Å². The van der Waals surface area contributed by atoms with E-state index in [1.54, 1.807) is 31.5 Å². The van der Waals surface area contributed by atoms with E-state index in [1.165, 1.54) is 10.8 Å². The maximum absolute atomic E-state index is 12.1. The van der Waals surface area contributed by atoms with Gasteiger partial charge in [0.2, 0.25) is 5.78 Å². The molecule has 3 aromatic rings. The minimum atomic E-state index is -0.133. The Labute approximate surface area is 156 Å². The molecule has 0 atom stereocenters. The van der Waals surface area contributed by atoms with E-state index in [4.69, 9.17) is 20.8 Å². The highest BCUT2D eigenvalue weighted by molar-refractivity contribution is 6.32. The number of ether oxygens (including phenoxy) is 1. The molecule has 0 N–H and O–H groups in total. The van der Waals surface area contributed by atoms with Crippen molar-refractivity contribution in [3.63, 3.8) is 0 Å². The summed E-state index contributed by atoms with van der Waals surface area (Å²) in [5, 5.41) is 4.73. The third-order valence-electron chi connectivity index (χ3n) is 3.95. The Morgan fingerprint density at radius 3 is 2.65 bits per heavy atom. The predicted molar refractivity (Wildman–Crippen MR) is 101 cm³/mol. The van der Waals surface area contributed by atoms with Gasteiger partial charge in [0.1, 0.15) is 29.6 Å². The van der Waals surface area contributed by atoms with E-state index in [1.807, 2.05) is 32.0 Å². The van der Waals surface area contributed by atoms with Crippen LogP contribution in [0.3, 0.4) is 0 Å². The van der Waals surface area contributed by atoms with Crippen molar-refractivity contribution in [2.75, 3.05) is 0 Å². The van der Waals surface area contributed by atoms with Gasteiger partial charge in [-0.3, -0.25) is 9.48 Å². The van der Waals surface area contributed by atoms with Crippen LogP contribution in [0, 0.1) is 13.8 Å². The number of rotatable bonds is 6. The summed E-state index contributed by atoms with van der Waals surface area (Å²) in [6.45, 7) is 4.18. The van der Waals surface area contributed by atoms with Crippen LogP contribution in [0.2, 0.25) is 5.02 Å². The van der Waals surface area contributed by atoms with Crippen LogP contribution >= 0.6 is 11.6 Å². The lowest BCUT2D eigenvalue weighted by Gasteiger charge is -2.08. The van der Waals surface area contributed by atoms with Crippen molar-refractivity contribution in [2.24, 2.45) is 7.05 Å². The molecule has 0 bridgehead atoms. The first kappa shape index (κ1) is 18.0. The lowest BCUT2D eigenvalue weighted by atomic mass is 10.1. The van der Waals surface area contributed by atoms with Gasteiger partial charge in [0.25, 0.3) is 0 Å². The quantitative estimate of drug-likeness (QED) is 0.463. The molecule has 1 aromatic carbocycles. The lowest BCUT2D eigenvalue weighted by Crippen LogP contribution is -2.03. The number of benzene rings is 1. The predicted octanol–water partition coefficient (Wildman–Crippen LogP) is 4.76. The molecule has 0 spiro atoms. The number of carbonyl (C=O) groups excluding carboxylic acids is 1. The van der Waals surface area contributed by atoms with E-state index in [0.717, 1.165) is 21.9 Å². The Bertz CT molecular complexity index is 946. The van der Waals surface area contributed by atoms with Crippen LogP contribution in [-0.2, 0) is 13.7 Å². The van der Waals surface area contributed by atoms with Gasteiger partial charge in [0.05, 0.1) is 0 Å². The van der Waals surface area contributed by atoms with Gasteiger partial charge in [0.15, 0.2) is 0 Å². The topological polar surface area (TPSA) is 57.3 Å². The second-order valence-electron chi connectivity index (χ2n) is 6.00. The van der Waals surface area contributed by atoms with Gasteiger partial charge in [-0.2, -0.15) is 5.10 Å². The Kier molecular flexibility index (Phi) is 5.28. The smallest absolute Gasteiger partial charge is 0.203 e. The highest BCUT2D eigenvalue weighted by Crippen LogP contribution is 2.26. The number of halogens is 1. The van der Waals surface area contributed by atoms with E-state index in [9.17, 15) is 4.79 Å². The van der Waals surface area contributed by atoms with Crippen molar-refractivity contribution in [3.05, 3.63) is 76.0 Å². The third kappa shape index (κ3) is 4.06. The summed E-state index contributed by atoms with van der Waals surface area (Å²) in [6, 6.07) is 9.08. The first-order valence-corrected chi connectivity index (χ1v) is 8.50. The molecule has 26 heavy (non-hydrogen) atoms. The van der Waals surface area contributed by atoms with Gasteiger partial charge >= 0.3 is 0 Å². The fourth-order valence-electron chi connectivity index (χ4n) is 2.56. The Morgan fingerprint density at radius 1 is 1.27 bits per heavy atom. The minimum absolute atomic E-state index is 0.133. The summed E-state index contributed by atoms with van der Waals surface area (Å²) in [5.74, 6) is 1.86. The van der Waals surface area contributed by atoms with Gasteiger partial charge in [-0.1, -0.05) is 11.6 Å². The molecule has 0 saturated heterocycles. The van der Waals surface area contributed by atoms with Gasteiger partial charge in [-0.05, 0) is 67.5 Å². The molecule has 5 nitrogen and oxygen atoms in total. The van der Waals surface area contributed by atoms with E-state index < -0.39 is 0 Å². The fraction of sp³-hybridized carbons (Fsp3) is 0.200. The summed E-state index contributed by atoms with van der Waals surface area (Å²) in [4.78, 5) is 12.1. The molecule has 0 amide bonds. The number of hydrogen-bond donors (Lipinski definition) is 0. The molecule has 0 aliphatic heterocycles. The number of allylic oxidation sites excluding steroid dienone is 1. The Morgan fingerprint density at radius 2 is 2.00 bits per heavy atom. The molecule has 134 valence electrons. The lowest BCUT2D eigenvalue weighted by molar-refractivity contribution is 0.103. The third-order valence-corrected chi connectivity index (χ3v) is 4.54. The average molecular weight is 371 g/mol. The zero-order valence-corrected chi connectivity index (χ0v) is 15.6. The summed E-state index contributed by atoms with van der Waals surface area (Å²) >= 11 is 6.16. The number of aryl methyl sites for hydroxylation is 3. The monoisotopic (exact) mass is 370 g/mol. The average Bonchev–Trinajstić information content (AvgIpc) is 3.24. The highest BCUT2D eigenvalue weighted by atomic mass is 35.5. The van der Waals surface area contributed by atoms with Gasteiger partial charge in [-0.15, -0.1) is 0 Å². The molecular formula is C20H19ClN2O3. The molecule has 0 unspecified atom stereocenters. The van der Waals surface area contributed by atoms with Crippen molar-refractivity contribution >= 4 is 23.5 Å². The normalized spacial score (nSPS) is 11.2. The van der Waals surface area contributed by atoms with Crippen molar-refractivity contribution in [1.82, 2.24) is 9.78 Å². The van der Waals surface area contributed by atoms with Crippen molar-refractivity contribution in [3.8, 4) is 5.75 Å². The number of hydrogen-bond acceptors (Lipinski definition) is 4. The zero-order chi connectivity index (χ0) is 18.7. The Hall–Kier alpha value is -2.79. The highest BCUT2D eigenvalue weighted by Gasteiger charge is 2.08. The van der Waals surface area contributed by atoms with E-state index in [-0.39, 0.29) is 5.78 Å². The van der Waals surface area contributed by atoms with E-state index in [2.05, 4.69) is 5.10 Å². The number of ketones is 1. The van der Waals surface area contributed by atoms with Crippen molar-refractivity contribution in [2.45, 2.75) is 20.5 Å². The van der Waals surface area contributed by atoms with Gasteiger partial charge in [-0.25, -0.2) is 0 Å². The van der Waals surface area contributed by atoms with Crippen LogP contribution in [0.4, 0.5) is 0 Å². The first-order chi connectivity index (χ1) is 12.4. The van der Waals surface area contributed by atoms with Gasteiger partial charge < -0.3 is 9.15 Å². The molecule has 0 saturated carbocycles. The van der Waals surface area contributed by atoms with Crippen LogP contribution in [0.15, 0.2) is 47.0 Å². The summed E-state index contributed by atoms with van der Waals surface area (Å²) in [6.07, 6.45) is 4.69. The number of aromatic nitrogens is 2. The standard InChI is InChI=1S/C20H19ClN2O3/c1-13-10-17(11-14(2)20(13)21)25-12-16-5-4-15(26-16)6-7-19(24)18-8-9-22-23(18)3/h4-11H,12H2,1-3H3. The molecule has 3 rings (SSSR count). The second-order valence-corrected chi connectivity index (χ2v) is 6.38. The van der Waals surface area contributed by atoms with Crippen LogP contribution in [-0.4, -0.2) is 15.6 Å². The maximum Gasteiger partial charge on any atom is 0.203 e. The molecule has 0 fully saturated rings. The molecule has 6 heteroatoms. The summed E-state index contributed by atoms with van der Waals surface area (Å²) in [7, 11) is 1.73. The number of nitrogens with zero attached hydrogens (tertiary/aromatic N) is 2. The van der Waals surface area contributed by atoms with E-state index in [0.29, 0.717) is 23.8 Å². The maximum atomic E-state index is 12.1. The summed E-state index contributed by atoms with van der Waals surface area (Å²) < 4.78 is 13.0. The molecule has 0 aliphatic carbocycles. The van der Waals surface area contributed by atoms with Crippen LogP contribution in [0.25, 0.3) is 6.08 Å². The largest absolute Gasteiger partial charge is 0.486 e. The molecule has 0 aliphatic rings. The van der Waals surface area contributed by atoms with Crippen molar-refractivity contribution in [1.29, 1.82) is 0 Å². The summed E-state index contributed by atoms with van der Waals surface area (Å²) in [5.41, 5.74) is 2.46. The van der Waals surface area contributed by atoms with Crippen molar-refractivity contribution < 1.29 is 13.9 Å². The van der Waals surface area contributed by atoms with Gasteiger partial charge in [0, 0.05) is 18.3 Å². The number of carbonyl (C=O) groups is 1. The van der Waals surface area contributed by atoms with Crippen LogP contribution in [0.1, 0.15) is 33.1 Å². The molecule has 2 aromatic heterocycles. The number of furan rings is 1. The van der Waals surface area contributed by atoms with Crippen LogP contribution in [0.5, 0.6) is 5.75 Å². The SMILES string of the molecule is Cc1cc(OCc2ccc(C=CC(=O)c3ccnn3C)o2)cc(C)c1Cl. The first-order valence-electron chi connectivity index (χ1n) is 8.12. The second kappa shape index (κ2) is 7.62. The Balaban J connectivity index is 1.62. The fourth-order valence-corrected chi connectivity index (χ4v) is 2.67. The molecular weight excluding hydrogens is 352 g/mol. The molecule has 0 radical (unpaired) electrons. The van der Waals surface area contributed by atoms with Crippen LogP contribution < -0.4 is 4.74 Å². The minimum Gasteiger partial charge on any atom is -0.486 e.